The summed E-state index contributed by atoms with van der Waals surface area (Å²) in [4.78, 5) is 4.05. The molecule has 0 radical (unpaired) electrons. The molecular weight excluding hydrogens is 322 g/mol. The third-order valence-corrected chi connectivity index (χ3v) is 3.27. The second-order valence-corrected chi connectivity index (χ2v) is 5.25. The van der Waals surface area contributed by atoms with Gasteiger partial charge in [0.2, 0.25) is 5.88 Å². The second kappa shape index (κ2) is 7.98. The zero-order chi connectivity index (χ0) is 16.6. The van der Waals surface area contributed by atoms with Crippen LogP contribution < -0.4 is 15.4 Å². The van der Waals surface area contributed by atoms with E-state index in [9.17, 15) is 0 Å². The molecule has 0 fully saturated rings. The quantitative estimate of drug-likeness (QED) is 0.693. The Morgan fingerprint density at radius 3 is 2.58 bits per heavy atom. The molecule has 0 unspecified atom stereocenters. The highest BCUT2D eigenvalue weighted by Gasteiger charge is 2.02. The number of ether oxygens (including phenoxy) is 1. The Morgan fingerprint density at radius 2 is 1.88 bits per heavy atom. The lowest BCUT2D eigenvalue weighted by Gasteiger charge is -2.09. The highest BCUT2D eigenvalue weighted by molar-refractivity contribution is 7.80. The van der Waals surface area contributed by atoms with Crippen molar-refractivity contribution in [3.8, 4) is 11.6 Å². The summed E-state index contributed by atoms with van der Waals surface area (Å²) < 4.78 is 5.59. The molecule has 0 saturated heterocycles. The summed E-state index contributed by atoms with van der Waals surface area (Å²) in [6, 6.07) is 16.7. The molecule has 2 N–H and O–H groups in total. The molecule has 1 aromatic carbocycles. The number of pyridine rings is 1. The van der Waals surface area contributed by atoms with Gasteiger partial charge in [-0.05, 0) is 42.0 Å². The van der Waals surface area contributed by atoms with Crippen LogP contribution in [0.4, 0.5) is 5.82 Å². The van der Waals surface area contributed by atoms with Crippen LogP contribution in [0, 0.1) is 0 Å². The molecule has 0 bridgehead atoms. The van der Waals surface area contributed by atoms with Crippen LogP contribution in [0.1, 0.15) is 5.56 Å². The van der Waals surface area contributed by atoms with Gasteiger partial charge < -0.3 is 15.4 Å². The largest absolute Gasteiger partial charge is 0.438 e. The van der Waals surface area contributed by atoms with Crippen molar-refractivity contribution in [2.75, 3.05) is 5.32 Å². The van der Waals surface area contributed by atoms with Gasteiger partial charge in [-0.15, -0.1) is 10.2 Å². The average molecular weight is 337 g/mol. The highest BCUT2D eigenvalue weighted by Crippen LogP contribution is 2.18. The van der Waals surface area contributed by atoms with Gasteiger partial charge in [0, 0.05) is 25.0 Å². The first kappa shape index (κ1) is 15.8. The summed E-state index contributed by atoms with van der Waals surface area (Å²) >= 11 is 5.23. The molecule has 2 aromatic heterocycles. The molecule has 0 aliphatic rings. The Morgan fingerprint density at radius 1 is 1.00 bits per heavy atom. The van der Waals surface area contributed by atoms with Crippen LogP contribution in [0.3, 0.4) is 0 Å². The Kier molecular flexibility index (Phi) is 5.26. The molecule has 3 rings (SSSR count). The summed E-state index contributed by atoms with van der Waals surface area (Å²) in [5.41, 5.74) is 1.04. The number of benzene rings is 1. The van der Waals surface area contributed by atoms with Gasteiger partial charge >= 0.3 is 0 Å². The maximum atomic E-state index is 5.59. The van der Waals surface area contributed by atoms with E-state index in [1.807, 2.05) is 42.5 Å². The van der Waals surface area contributed by atoms with Crippen molar-refractivity contribution in [1.29, 1.82) is 0 Å². The van der Waals surface area contributed by atoms with Crippen LogP contribution in [-0.4, -0.2) is 20.3 Å². The van der Waals surface area contributed by atoms with Crippen molar-refractivity contribution < 1.29 is 4.74 Å². The van der Waals surface area contributed by atoms with Gasteiger partial charge in [0.1, 0.15) is 5.75 Å². The zero-order valence-corrected chi connectivity index (χ0v) is 13.5. The minimum Gasteiger partial charge on any atom is -0.438 e. The molecule has 2 heterocycles. The van der Waals surface area contributed by atoms with Crippen molar-refractivity contribution >= 4 is 23.1 Å². The van der Waals surface area contributed by atoms with Crippen LogP contribution >= 0.6 is 12.2 Å². The Labute approximate surface area is 144 Å². The van der Waals surface area contributed by atoms with Crippen LogP contribution in [0.2, 0.25) is 0 Å². The molecule has 120 valence electrons. The van der Waals surface area contributed by atoms with E-state index in [2.05, 4.69) is 25.8 Å². The molecule has 0 aliphatic carbocycles. The summed E-state index contributed by atoms with van der Waals surface area (Å²) in [7, 11) is 0. The van der Waals surface area contributed by atoms with Gasteiger partial charge in [-0.25, -0.2) is 0 Å². The Bertz CT molecular complexity index is 781. The van der Waals surface area contributed by atoms with Crippen LogP contribution in [-0.2, 0) is 6.54 Å². The lowest BCUT2D eigenvalue weighted by atomic mass is 10.3. The minimum absolute atomic E-state index is 0.418. The average Bonchev–Trinajstić information content (AvgIpc) is 2.63. The van der Waals surface area contributed by atoms with Crippen LogP contribution in [0.25, 0.3) is 0 Å². The van der Waals surface area contributed by atoms with Crippen LogP contribution in [0.15, 0.2) is 67.0 Å². The smallest absolute Gasteiger partial charge is 0.238 e. The molecule has 0 aliphatic heterocycles. The molecule has 24 heavy (non-hydrogen) atoms. The molecule has 6 nitrogen and oxygen atoms in total. The maximum Gasteiger partial charge on any atom is 0.238 e. The number of aromatic nitrogens is 3. The number of anilines is 1. The summed E-state index contributed by atoms with van der Waals surface area (Å²) in [6.07, 6.45) is 3.51. The van der Waals surface area contributed by atoms with Crippen molar-refractivity contribution in [3.05, 3.63) is 72.6 Å². The standard InChI is InChI=1S/C17H15N5OS/c24-17(19-12-13-5-4-10-18-11-13)20-15-8-9-16(22-21-15)23-14-6-2-1-3-7-14/h1-11H,12H2,(H2,19,20,21,24). The summed E-state index contributed by atoms with van der Waals surface area (Å²) in [6.45, 7) is 0.586. The maximum absolute atomic E-state index is 5.59. The fourth-order valence-electron chi connectivity index (χ4n) is 1.90. The van der Waals surface area contributed by atoms with Crippen molar-refractivity contribution in [1.82, 2.24) is 20.5 Å². The fraction of sp³-hybridized carbons (Fsp3) is 0.0588. The monoisotopic (exact) mass is 337 g/mol. The second-order valence-electron chi connectivity index (χ2n) is 4.84. The van der Waals surface area contributed by atoms with Gasteiger partial charge in [-0.3, -0.25) is 4.98 Å². The van der Waals surface area contributed by atoms with E-state index in [1.165, 1.54) is 0 Å². The summed E-state index contributed by atoms with van der Waals surface area (Å²) in [5, 5.41) is 14.6. The van der Waals surface area contributed by atoms with Gasteiger partial charge in [-0.1, -0.05) is 24.3 Å². The van der Waals surface area contributed by atoms with Crippen LogP contribution in [0.5, 0.6) is 11.6 Å². The summed E-state index contributed by atoms with van der Waals surface area (Å²) in [5.74, 6) is 1.67. The topological polar surface area (TPSA) is 72.0 Å². The number of nitrogens with one attached hydrogen (secondary N) is 2. The Balaban J connectivity index is 1.51. The first-order valence-corrected chi connectivity index (χ1v) is 7.71. The fourth-order valence-corrected chi connectivity index (χ4v) is 2.07. The molecule has 3 aromatic rings. The van der Waals surface area contributed by atoms with Crippen molar-refractivity contribution in [2.24, 2.45) is 0 Å². The normalized spacial score (nSPS) is 10.0. The van der Waals surface area contributed by atoms with Crippen molar-refractivity contribution in [3.63, 3.8) is 0 Å². The number of nitrogens with zero attached hydrogens (tertiary/aromatic N) is 3. The first-order valence-electron chi connectivity index (χ1n) is 7.30. The molecule has 0 saturated carbocycles. The first-order chi connectivity index (χ1) is 11.8. The van der Waals surface area contributed by atoms with Gasteiger partial charge in [-0.2, -0.15) is 0 Å². The third kappa shape index (κ3) is 4.72. The predicted molar refractivity (Wildman–Crippen MR) is 95.8 cm³/mol. The van der Waals surface area contributed by atoms with E-state index < -0.39 is 0 Å². The van der Waals surface area contributed by atoms with E-state index in [0.29, 0.717) is 29.1 Å². The van der Waals surface area contributed by atoms with E-state index in [4.69, 9.17) is 17.0 Å². The number of hydrogen-bond donors (Lipinski definition) is 2. The SMILES string of the molecule is S=C(NCc1cccnc1)Nc1ccc(Oc2ccccc2)nn1. The van der Waals surface area contributed by atoms with Gasteiger partial charge in [0.25, 0.3) is 0 Å². The van der Waals surface area contributed by atoms with E-state index in [0.717, 1.165) is 5.56 Å². The molecule has 0 amide bonds. The predicted octanol–water partition coefficient (Wildman–Crippen LogP) is 3.15. The lowest BCUT2D eigenvalue weighted by Crippen LogP contribution is -2.28. The van der Waals surface area contributed by atoms with E-state index >= 15 is 0 Å². The minimum atomic E-state index is 0.418. The van der Waals surface area contributed by atoms with Gasteiger partial charge in [0.15, 0.2) is 10.9 Å². The number of rotatable bonds is 5. The van der Waals surface area contributed by atoms with Gasteiger partial charge in [0.05, 0.1) is 0 Å². The number of para-hydroxylation sites is 1. The van der Waals surface area contributed by atoms with E-state index in [-0.39, 0.29) is 0 Å². The number of thiocarbonyl (C=S) groups is 1. The highest BCUT2D eigenvalue weighted by atomic mass is 32.1. The Hall–Kier alpha value is -3.06. The van der Waals surface area contributed by atoms with Crippen molar-refractivity contribution in [2.45, 2.75) is 6.54 Å². The molecular formula is C17H15N5OS. The lowest BCUT2D eigenvalue weighted by molar-refractivity contribution is 0.455. The third-order valence-electron chi connectivity index (χ3n) is 3.02. The number of hydrogen-bond acceptors (Lipinski definition) is 5. The molecule has 0 spiro atoms. The molecule has 0 atom stereocenters. The van der Waals surface area contributed by atoms with E-state index in [1.54, 1.807) is 24.5 Å². The zero-order valence-electron chi connectivity index (χ0n) is 12.7. The molecule has 7 heteroatoms.